The number of likely N-dealkylation sites (N-methyl/N-ethyl adjacent to an activating group) is 1. The van der Waals surface area contributed by atoms with E-state index < -0.39 is 23.7 Å². The first-order valence-corrected chi connectivity index (χ1v) is 9.89. The van der Waals surface area contributed by atoms with Gasteiger partial charge >= 0.3 is 12.1 Å². The zero-order chi connectivity index (χ0) is 21.4. The number of amides is 1. The summed E-state index contributed by atoms with van der Waals surface area (Å²) >= 11 is 0. The number of piperazine rings is 1. The van der Waals surface area contributed by atoms with E-state index in [0.717, 1.165) is 32.7 Å². The van der Waals surface area contributed by atoms with E-state index in [2.05, 4.69) is 22.2 Å². The highest BCUT2D eigenvalue weighted by Crippen LogP contribution is 2.20. The molecule has 2 rings (SSSR count). The molecule has 1 heterocycles. The van der Waals surface area contributed by atoms with E-state index in [1.165, 1.54) is 7.11 Å². The lowest BCUT2D eigenvalue weighted by molar-refractivity contribution is -0.143. The molecule has 1 amide bonds. The molecular formula is C21H33N3O5. The van der Waals surface area contributed by atoms with Crippen LogP contribution in [0.15, 0.2) is 24.3 Å². The predicted molar refractivity (Wildman–Crippen MR) is 110 cm³/mol. The summed E-state index contributed by atoms with van der Waals surface area (Å²) in [6.45, 7) is 11.0. The van der Waals surface area contributed by atoms with Crippen molar-refractivity contribution in [1.82, 2.24) is 15.1 Å². The van der Waals surface area contributed by atoms with Crippen molar-refractivity contribution < 1.29 is 23.8 Å². The number of ether oxygens (including phenoxy) is 3. The van der Waals surface area contributed by atoms with Crippen molar-refractivity contribution in [2.45, 2.75) is 32.4 Å². The van der Waals surface area contributed by atoms with E-state index in [9.17, 15) is 9.59 Å². The quantitative estimate of drug-likeness (QED) is 0.693. The lowest BCUT2D eigenvalue weighted by atomic mass is 10.1. The van der Waals surface area contributed by atoms with Gasteiger partial charge in [-0.25, -0.2) is 9.59 Å². The second kappa shape index (κ2) is 10.5. The van der Waals surface area contributed by atoms with Crippen LogP contribution in [0.4, 0.5) is 4.79 Å². The Kier molecular flexibility index (Phi) is 8.28. The maximum absolute atomic E-state index is 12.1. The molecule has 0 aromatic heterocycles. The maximum atomic E-state index is 12.1. The number of hydrogen-bond donors (Lipinski definition) is 1. The third-order valence-corrected chi connectivity index (χ3v) is 4.58. The van der Waals surface area contributed by atoms with Crippen LogP contribution in [0.5, 0.6) is 5.75 Å². The first kappa shape index (κ1) is 23.0. The van der Waals surface area contributed by atoms with Crippen molar-refractivity contribution in [2.24, 2.45) is 0 Å². The van der Waals surface area contributed by atoms with E-state index in [0.29, 0.717) is 17.9 Å². The zero-order valence-electron chi connectivity index (χ0n) is 18.1. The minimum atomic E-state index is -0.950. The molecule has 0 spiro atoms. The Morgan fingerprint density at radius 2 is 1.72 bits per heavy atom. The Morgan fingerprint density at radius 3 is 2.28 bits per heavy atom. The van der Waals surface area contributed by atoms with E-state index in [4.69, 9.17) is 14.2 Å². The molecule has 29 heavy (non-hydrogen) atoms. The van der Waals surface area contributed by atoms with Gasteiger partial charge in [-0.2, -0.15) is 0 Å². The van der Waals surface area contributed by atoms with Gasteiger partial charge < -0.3 is 24.4 Å². The maximum Gasteiger partial charge on any atom is 0.408 e. The summed E-state index contributed by atoms with van der Waals surface area (Å²) in [4.78, 5) is 28.9. The van der Waals surface area contributed by atoms with E-state index in [-0.39, 0.29) is 0 Å². The van der Waals surface area contributed by atoms with E-state index >= 15 is 0 Å². The van der Waals surface area contributed by atoms with E-state index in [1.807, 2.05) is 0 Å². The molecule has 1 fully saturated rings. The molecule has 0 radical (unpaired) electrons. The highest BCUT2D eigenvalue weighted by atomic mass is 16.6. The SMILES string of the molecule is COC(=O)[C@@H](NC(=O)OC(C)(C)C)c1ccc(OCCN2CCN(C)CC2)cc1. The van der Waals surface area contributed by atoms with Gasteiger partial charge in [-0.1, -0.05) is 12.1 Å². The molecule has 1 aromatic carbocycles. The number of methoxy groups -OCH3 is 1. The normalized spacial score (nSPS) is 16.7. The number of benzene rings is 1. The molecule has 1 aliphatic heterocycles. The topological polar surface area (TPSA) is 80.3 Å². The van der Waals surface area contributed by atoms with Gasteiger partial charge in [0.25, 0.3) is 0 Å². The van der Waals surface area contributed by atoms with Crippen molar-refractivity contribution >= 4 is 12.1 Å². The van der Waals surface area contributed by atoms with Gasteiger partial charge in [0.05, 0.1) is 7.11 Å². The van der Waals surface area contributed by atoms with Crippen LogP contribution < -0.4 is 10.1 Å². The molecule has 8 nitrogen and oxygen atoms in total. The van der Waals surface area contributed by atoms with Gasteiger partial charge in [0.1, 0.15) is 18.0 Å². The molecule has 0 bridgehead atoms. The fraction of sp³-hybridized carbons (Fsp3) is 0.619. The van der Waals surface area contributed by atoms with Crippen molar-refractivity contribution in [1.29, 1.82) is 0 Å². The minimum Gasteiger partial charge on any atom is -0.492 e. The van der Waals surface area contributed by atoms with E-state index in [1.54, 1.807) is 45.0 Å². The van der Waals surface area contributed by atoms with Gasteiger partial charge in [0.15, 0.2) is 6.04 Å². The van der Waals surface area contributed by atoms with Gasteiger partial charge in [-0.15, -0.1) is 0 Å². The van der Waals surface area contributed by atoms with Crippen molar-refractivity contribution in [3.8, 4) is 5.75 Å². The molecular weight excluding hydrogens is 374 g/mol. The Labute approximate surface area is 173 Å². The monoisotopic (exact) mass is 407 g/mol. The Hall–Kier alpha value is -2.32. The number of carbonyl (C=O) groups excluding carboxylic acids is 2. The summed E-state index contributed by atoms with van der Waals surface area (Å²) < 4.78 is 15.9. The average Bonchev–Trinajstić information content (AvgIpc) is 2.66. The smallest absolute Gasteiger partial charge is 0.408 e. The second-order valence-corrected chi connectivity index (χ2v) is 8.16. The Balaban J connectivity index is 1.90. The fourth-order valence-corrected chi connectivity index (χ4v) is 2.94. The summed E-state index contributed by atoms with van der Waals surface area (Å²) in [5, 5.41) is 2.56. The highest BCUT2D eigenvalue weighted by molar-refractivity contribution is 5.82. The zero-order valence-corrected chi connectivity index (χ0v) is 18.1. The number of esters is 1. The molecule has 162 valence electrons. The van der Waals surface area contributed by atoms with Gasteiger partial charge in [-0.05, 0) is 45.5 Å². The average molecular weight is 408 g/mol. The van der Waals surface area contributed by atoms with Crippen LogP contribution in [-0.4, -0.2) is 81.0 Å². The lowest BCUT2D eigenvalue weighted by Crippen LogP contribution is -2.45. The summed E-state index contributed by atoms with van der Waals surface area (Å²) in [6, 6.07) is 6.10. The van der Waals surface area contributed by atoms with Crippen LogP contribution in [0, 0.1) is 0 Å². The largest absolute Gasteiger partial charge is 0.492 e. The third kappa shape index (κ3) is 7.91. The fourth-order valence-electron chi connectivity index (χ4n) is 2.94. The predicted octanol–water partition coefficient (Wildman–Crippen LogP) is 2.05. The molecule has 0 unspecified atom stereocenters. The molecule has 0 aliphatic carbocycles. The van der Waals surface area contributed by atoms with Crippen molar-refractivity contribution in [2.75, 3.05) is 53.5 Å². The van der Waals surface area contributed by atoms with Gasteiger partial charge in [-0.3, -0.25) is 4.90 Å². The number of nitrogens with one attached hydrogen (secondary N) is 1. The number of alkyl carbamates (subject to hydrolysis) is 1. The van der Waals surface area contributed by atoms with Gasteiger partial charge in [0, 0.05) is 32.7 Å². The molecule has 0 saturated carbocycles. The van der Waals surface area contributed by atoms with Crippen LogP contribution in [0.1, 0.15) is 32.4 Å². The number of nitrogens with zero attached hydrogens (tertiary/aromatic N) is 2. The standard InChI is InChI=1S/C21H33N3O5/c1-21(2,3)29-20(26)22-18(19(25)27-5)16-6-8-17(9-7-16)28-15-14-24-12-10-23(4)11-13-24/h6-9,18H,10-15H2,1-5H3,(H,22,26)/t18-/m0/s1. The third-order valence-electron chi connectivity index (χ3n) is 4.58. The van der Waals surface area contributed by atoms with Crippen LogP contribution in [-0.2, 0) is 14.3 Å². The van der Waals surface area contributed by atoms with Crippen molar-refractivity contribution in [3.63, 3.8) is 0 Å². The van der Waals surface area contributed by atoms with Gasteiger partial charge in [0.2, 0.25) is 0 Å². The van der Waals surface area contributed by atoms with Crippen molar-refractivity contribution in [3.05, 3.63) is 29.8 Å². The van der Waals surface area contributed by atoms with Crippen LogP contribution in [0.3, 0.4) is 0 Å². The summed E-state index contributed by atoms with van der Waals surface area (Å²) in [7, 11) is 3.41. The highest BCUT2D eigenvalue weighted by Gasteiger charge is 2.26. The first-order valence-electron chi connectivity index (χ1n) is 9.89. The molecule has 1 atom stereocenters. The lowest BCUT2D eigenvalue weighted by Gasteiger charge is -2.32. The second-order valence-electron chi connectivity index (χ2n) is 8.16. The van der Waals surface area contributed by atoms with Crippen LogP contribution >= 0.6 is 0 Å². The summed E-state index contributed by atoms with van der Waals surface area (Å²) in [5.74, 6) is 0.142. The van der Waals surface area contributed by atoms with Crippen LogP contribution in [0.25, 0.3) is 0 Å². The molecule has 1 aromatic rings. The number of rotatable bonds is 7. The Morgan fingerprint density at radius 1 is 1.10 bits per heavy atom. The summed E-state index contributed by atoms with van der Waals surface area (Å²) in [6.07, 6.45) is -0.680. The Bertz CT molecular complexity index is 664. The molecule has 8 heteroatoms. The minimum absolute atomic E-state index is 0.570. The molecule has 1 aliphatic rings. The van der Waals surface area contributed by atoms with Crippen LogP contribution in [0.2, 0.25) is 0 Å². The first-order chi connectivity index (χ1) is 13.7. The molecule has 1 saturated heterocycles. The number of hydrogen-bond acceptors (Lipinski definition) is 7. The summed E-state index contributed by atoms with van der Waals surface area (Å²) in [5.41, 5.74) is -0.0687. The molecule has 1 N–H and O–H groups in total. The number of carbonyl (C=O) groups is 2.